The monoisotopic (exact) mass is 250 g/mol. The minimum Gasteiger partial charge on any atom is -0.214 e. The zero-order valence-electron chi connectivity index (χ0n) is 8.31. The third kappa shape index (κ3) is 2.61. The zero-order valence-corrected chi connectivity index (χ0v) is 9.06. The predicted molar refractivity (Wildman–Crippen MR) is 54.1 cm³/mol. The number of amides is 1. The first kappa shape index (κ1) is 12.7. The maximum absolute atomic E-state index is 12.4. The van der Waals surface area contributed by atoms with E-state index in [4.69, 9.17) is 11.6 Å². The topological polar surface area (TPSA) is 20.1 Å². The van der Waals surface area contributed by atoms with Crippen LogP contribution in [0.2, 0.25) is 5.02 Å². The highest BCUT2D eigenvalue weighted by Gasteiger charge is 2.32. The highest BCUT2D eigenvalue weighted by Crippen LogP contribution is 2.31. The molecule has 16 heavy (non-hydrogen) atoms. The average molecular weight is 251 g/mol. The van der Waals surface area contributed by atoms with Crippen molar-refractivity contribution in [1.29, 1.82) is 0 Å². The van der Waals surface area contributed by atoms with E-state index in [0.717, 1.165) is 16.7 Å². The number of benzene rings is 1. The van der Waals surface area contributed by atoms with E-state index in [9.17, 15) is 18.0 Å². The van der Waals surface area contributed by atoms with Gasteiger partial charge in [-0.25, -0.2) is 4.79 Å². The van der Waals surface area contributed by atoms with Gasteiger partial charge in [0.25, 0.3) is 0 Å². The Labute approximate surface area is 95.0 Å². The molecule has 0 radical (unpaired) electrons. The van der Waals surface area contributed by atoms with Crippen LogP contribution in [0.25, 0.3) is 0 Å². The molecule has 0 unspecified atom stereocenters. The average Bonchev–Trinajstić information content (AvgIpc) is 2.15. The summed E-state index contributed by atoms with van der Waals surface area (Å²) in [4.78, 5) is 11.5. The van der Waals surface area contributed by atoms with Crippen LogP contribution in [0.1, 0.15) is 15.9 Å². The second-order valence-electron chi connectivity index (χ2n) is 3.20. The van der Waals surface area contributed by atoms with Crippen LogP contribution in [0, 0.1) is 0 Å². The van der Waals surface area contributed by atoms with Gasteiger partial charge in [-0.3, -0.25) is 0 Å². The molecule has 0 aliphatic carbocycles. The van der Waals surface area contributed by atoms with Gasteiger partial charge in [0.2, 0.25) is 0 Å². The van der Waals surface area contributed by atoms with Crippen molar-refractivity contribution in [3.05, 3.63) is 34.3 Å². The van der Waals surface area contributed by atoms with Crippen molar-refractivity contribution in [2.24, 2.45) is 0 Å². The molecule has 6 heteroatoms. The van der Waals surface area contributed by atoms with E-state index in [0.29, 0.717) is 6.07 Å². The van der Waals surface area contributed by atoms with Crippen molar-refractivity contribution in [3.8, 4) is 0 Å². The van der Waals surface area contributed by atoms with Crippen molar-refractivity contribution in [1.82, 2.24) is 0 Å². The maximum atomic E-state index is 12.4. The number of carbonyl (C=O) groups excluding carboxylic acids is 1. The van der Waals surface area contributed by atoms with E-state index >= 15 is 0 Å². The number of hydrogen-bond acceptors (Lipinski definition) is 1. The molecule has 0 bridgehead atoms. The molecular formula is C10H8ClF3NO+. The van der Waals surface area contributed by atoms with Gasteiger partial charge in [-0.2, -0.15) is 17.7 Å². The highest BCUT2D eigenvalue weighted by molar-refractivity contribution is 6.33. The van der Waals surface area contributed by atoms with Crippen molar-refractivity contribution < 1.29 is 22.5 Å². The van der Waals surface area contributed by atoms with Crippen molar-refractivity contribution >= 4 is 24.2 Å². The van der Waals surface area contributed by atoms with Crippen LogP contribution in [0.4, 0.5) is 13.2 Å². The molecule has 1 aromatic carbocycles. The third-order valence-corrected chi connectivity index (χ3v) is 2.20. The minimum atomic E-state index is -4.50. The number of hydrogen-bond donors (Lipinski definition) is 0. The molecule has 2 nitrogen and oxygen atoms in total. The second-order valence-corrected chi connectivity index (χ2v) is 3.60. The molecular weight excluding hydrogens is 243 g/mol. The Morgan fingerprint density at radius 2 is 2.00 bits per heavy atom. The van der Waals surface area contributed by atoms with Gasteiger partial charge in [-0.05, 0) is 18.2 Å². The lowest BCUT2D eigenvalue weighted by molar-refractivity contribution is -0.384. The molecule has 86 valence electrons. The fourth-order valence-corrected chi connectivity index (χ4v) is 1.27. The zero-order chi connectivity index (χ0) is 12.5. The summed E-state index contributed by atoms with van der Waals surface area (Å²) in [6, 6.07) is 2.58. The Hall–Kier alpha value is -1.36. The summed E-state index contributed by atoms with van der Waals surface area (Å²) in [5.41, 5.74) is -1.13. The van der Waals surface area contributed by atoms with E-state index in [-0.39, 0.29) is 10.6 Å². The van der Waals surface area contributed by atoms with Crippen LogP contribution in [0.3, 0.4) is 0 Å². The van der Waals surface area contributed by atoms with E-state index in [1.54, 1.807) is 0 Å². The Bertz CT molecular complexity index is 454. The highest BCUT2D eigenvalue weighted by atomic mass is 35.5. The first-order valence-corrected chi connectivity index (χ1v) is 4.56. The second kappa shape index (κ2) is 4.25. The largest absolute Gasteiger partial charge is 0.420 e. The molecule has 0 heterocycles. The van der Waals surface area contributed by atoms with Gasteiger partial charge in [-0.15, -0.1) is 0 Å². The Morgan fingerprint density at radius 3 is 2.44 bits per heavy atom. The molecule has 0 fully saturated rings. The van der Waals surface area contributed by atoms with E-state index in [2.05, 4.69) is 6.72 Å². The molecule has 0 spiro atoms. The lowest BCUT2D eigenvalue weighted by Gasteiger charge is -2.07. The minimum absolute atomic E-state index is 0.0338. The van der Waals surface area contributed by atoms with Crippen LogP contribution >= 0.6 is 11.6 Å². The summed E-state index contributed by atoms with van der Waals surface area (Å²) in [6.07, 6.45) is -4.50. The molecule has 1 rings (SSSR count). The van der Waals surface area contributed by atoms with Gasteiger partial charge in [0.15, 0.2) is 0 Å². The molecule has 0 saturated heterocycles. The molecule has 1 aromatic rings. The summed E-state index contributed by atoms with van der Waals surface area (Å²) in [5.74, 6) is -0.670. The normalized spacial score (nSPS) is 11.3. The van der Waals surface area contributed by atoms with Crippen LogP contribution in [-0.2, 0) is 6.18 Å². The summed E-state index contributed by atoms with van der Waals surface area (Å²) >= 11 is 5.64. The first-order valence-electron chi connectivity index (χ1n) is 4.19. The quantitative estimate of drug-likeness (QED) is 0.554. The Morgan fingerprint density at radius 1 is 1.44 bits per heavy atom. The molecule has 1 amide bonds. The lowest BCUT2D eigenvalue weighted by atomic mass is 10.1. The fourth-order valence-electron chi connectivity index (χ4n) is 1.07. The standard InChI is InChI=1S/C10H8ClF3NO/c1-15(2)9(16)7-5-6(10(12,13)14)3-4-8(7)11/h3-5H,1H2,2H3/q+1. The summed E-state index contributed by atoms with van der Waals surface area (Å²) in [7, 11) is 1.33. The molecule has 0 aromatic heterocycles. The molecule has 0 atom stereocenters. The summed E-state index contributed by atoms with van der Waals surface area (Å²) < 4.78 is 38.1. The van der Waals surface area contributed by atoms with Gasteiger partial charge in [-0.1, -0.05) is 11.6 Å². The number of nitrogens with zero attached hydrogens (tertiary/aromatic N) is 1. The summed E-state index contributed by atoms with van der Waals surface area (Å²) in [6.45, 7) is 3.29. The number of halogens is 4. The van der Waals surface area contributed by atoms with Gasteiger partial charge in [0, 0.05) is 0 Å². The van der Waals surface area contributed by atoms with Gasteiger partial charge >= 0.3 is 12.1 Å². The van der Waals surface area contributed by atoms with Crippen LogP contribution in [0.15, 0.2) is 18.2 Å². The van der Waals surface area contributed by atoms with Gasteiger partial charge < -0.3 is 0 Å². The van der Waals surface area contributed by atoms with Crippen molar-refractivity contribution in [2.75, 3.05) is 7.05 Å². The van der Waals surface area contributed by atoms with Crippen molar-refractivity contribution in [2.45, 2.75) is 6.18 Å². The number of alkyl halides is 3. The predicted octanol–water partition coefficient (Wildman–Crippen LogP) is 2.84. The fraction of sp³-hybridized carbons (Fsp3) is 0.200. The molecule has 0 aliphatic heterocycles. The van der Waals surface area contributed by atoms with Crippen LogP contribution in [-0.4, -0.2) is 24.2 Å². The Balaban J connectivity index is 3.30. The maximum Gasteiger partial charge on any atom is 0.420 e. The van der Waals surface area contributed by atoms with Gasteiger partial charge in [0.1, 0.15) is 19.3 Å². The molecule has 0 saturated carbocycles. The van der Waals surface area contributed by atoms with Crippen LogP contribution < -0.4 is 0 Å². The summed E-state index contributed by atoms with van der Waals surface area (Å²) in [5, 5.41) is -0.0338. The lowest BCUT2D eigenvalue weighted by Crippen LogP contribution is -2.16. The first-order chi connectivity index (χ1) is 7.23. The van der Waals surface area contributed by atoms with E-state index in [1.807, 2.05) is 0 Å². The smallest absolute Gasteiger partial charge is 0.214 e. The number of carbonyl (C=O) groups is 1. The molecule has 0 N–H and O–H groups in total. The SMILES string of the molecule is C=[N+](C)C(=O)c1cc(C(F)(F)F)ccc1Cl. The third-order valence-electron chi connectivity index (χ3n) is 1.87. The van der Waals surface area contributed by atoms with E-state index in [1.165, 1.54) is 7.05 Å². The number of rotatable bonds is 1. The van der Waals surface area contributed by atoms with Crippen molar-refractivity contribution in [3.63, 3.8) is 0 Å². The van der Waals surface area contributed by atoms with Gasteiger partial charge in [0.05, 0.1) is 10.6 Å². The molecule has 0 aliphatic rings. The van der Waals surface area contributed by atoms with Crippen LogP contribution in [0.5, 0.6) is 0 Å². The van der Waals surface area contributed by atoms with E-state index < -0.39 is 17.6 Å². The Kier molecular flexibility index (Phi) is 3.38.